The number of rotatable bonds is 7. The van der Waals surface area contributed by atoms with E-state index in [-0.39, 0.29) is 5.41 Å². The topological polar surface area (TPSA) is 9.23 Å². The van der Waals surface area contributed by atoms with Crippen molar-refractivity contribution in [2.45, 2.75) is 33.1 Å². The zero-order valence-corrected chi connectivity index (χ0v) is 12.9. The summed E-state index contributed by atoms with van der Waals surface area (Å²) >= 11 is 9.47. The highest BCUT2D eigenvalue weighted by atomic mass is 79.9. The van der Waals surface area contributed by atoms with Crippen LogP contribution in [-0.2, 0) is 0 Å². The van der Waals surface area contributed by atoms with Crippen molar-refractivity contribution >= 4 is 27.5 Å². The van der Waals surface area contributed by atoms with Crippen LogP contribution >= 0.6 is 27.5 Å². The molecule has 0 aliphatic carbocycles. The summed E-state index contributed by atoms with van der Waals surface area (Å²) in [5.74, 6) is 1.63. The molecule has 0 N–H and O–H groups in total. The number of ether oxygens (including phenoxy) is 1. The number of benzene rings is 1. The lowest BCUT2D eigenvalue weighted by Crippen LogP contribution is -2.23. The SMILES string of the molecule is CCC(CC)(CCl)CCOc1ccc(Br)cc1. The third-order valence-electron chi connectivity index (χ3n) is 3.50. The smallest absolute Gasteiger partial charge is 0.119 e. The third kappa shape index (κ3) is 4.51. The van der Waals surface area contributed by atoms with Gasteiger partial charge in [-0.05, 0) is 48.9 Å². The lowest BCUT2D eigenvalue weighted by atomic mass is 9.81. The second-order valence-electron chi connectivity index (χ2n) is 4.39. The van der Waals surface area contributed by atoms with Crippen LogP contribution in [0.4, 0.5) is 0 Å². The molecule has 0 saturated heterocycles. The first-order valence-corrected chi connectivity index (χ1v) is 7.43. The molecule has 96 valence electrons. The zero-order valence-electron chi connectivity index (χ0n) is 10.5. The Kier molecular flexibility index (Phi) is 6.35. The normalized spacial score (nSPS) is 11.5. The van der Waals surface area contributed by atoms with Crippen molar-refractivity contribution < 1.29 is 4.74 Å². The molecular formula is C14H20BrClO. The van der Waals surface area contributed by atoms with Gasteiger partial charge in [0.25, 0.3) is 0 Å². The average Bonchev–Trinajstić information content (AvgIpc) is 2.38. The monoisotopic (exact) mass is 318 g/mol. The predicted octanol–water partition coefficient (Wildman–Crippen LogP) is 5.26. The van der Waals surface area contributed by atoms with E-state index in [4.69, 9.17) is 16.3 Å². The Balaban J connectivity index is 2.43. The lowest BCUT2D eigenvalue weighted by Gasteiger charge is -2.29. The molecule has 0 spiro atoms. The van der Waals surface area contributed by atoms with Crippen LogP contribution in [0, 0.1) is 5.41 Å². The highest BCUT2D eigenvalue weighted by Crippen LogP contribution is 2.32. The summed E-state index contributed by atoms with van der Waals surface area (Å²) in [5.41, 5.74) is 0.233. The molecule has 0 fully saturated rings. The molecule has 0 heterocycles. The van der Waals surface area contributed by atoms with Crippen molar-refractivity contribution in [2.75, 3.05) is 12.5 Å². The Morgan fingerprint density at radius 1 is 1.18 bits per heavy atom. The number of hydrogen-bond acceptors (Lipinski definition) is 1. The van der Waals surface area contributed by atoms with E-state index in [0.29, 0.717) is 5.88 Å². The van der Waals surface area contributed by atoms with E-state index in [1.807, 2.05) is 24.3 Å². The highest BCUT2D eigenvalue weighted by Gasteiger charge is 2.24. The summed E-state index contributed by atoms with van der Waals surface area (Å²) in [7, 11) is 0. The van der Waals surface area contributed by atoms with Crippen LogP contribution < -0.4 is 4.74 Å². The van der Waals surface area contributed by atoms with E-state index in [2.05, 4.69) is 29.8 Å². The summed E-state index contributed by atoms with van der Waals surface area (Å²) < 4.78 is 6.81. The Labute approximate surface area is 118 Å². The molecule has 0 amide bonds. The summed E-state index contributed by atoms with van der Waals surface area (Å²) in [6.45, 7) is 5.13. The lowest BCUT2D eigenvalue weighted by molar-refractivity contribution is 0.203. The van der Waals surface area contributed by atoms with Gasteiger partial charge in [-0.1, -0.05) is 29.8 Å². The van der Waals surface area contributed by atoms with Gasteiger partial charge < -0.3 is 4.74 Å². The van der Waals surface area contributed by atoms with E-state index < -0.39 is 0 Å². The van der Waals surface area contributed by atoms with Crippen LogP contribution in [0.15, 0.2) is 28.7 Å². The van der Waals surface area contributed by atoms with Crippen molar-refractivity contribution in [3.8, 4) is 5.75 Å². The maximum Gasteiger partial charge on any atom is 0.119 e. The summed E-state index contributed by atoms with van der Waals surface area (Å²) in [6.07, 6.45) is 3.23. The second-order valence-corrected chi connectivity index (χ2v) is 5.58. The van der Waals surface area contributed by atoms with Crippen molar-refractivity contribution in [3.05, 3.63) is 28.7 Å². The molecule has 0 saturated carbocycles. The highest BCUT2D eigenvalue weighted by molar-refractivity contribution is 9.10. The third-order valence-corrected chi connectivity index (χ3v) is 4.59. The van der Waals surface area contributed by atoms with Gasteiger partial charge in [0.15, 0.2) is 0 Å². The molecule has 1 aromatic carbocycles. The number of halogens is 2. The fraction of sp³-hybridized carbons (Fsp3) is 0.571. The molecule has 0 bridgehead atoms. The van der Waals surface area contributed by atoms with Gasteiger partial charge in [-0.15, -0.1) is 11.6 Å². The standard InChI is InChI=1S/C14H20BrClO/c1-3-14(4-2,11-16)9-10-17-13-7-5-12(15)6-8-13/h5-8H,3-4,9-11H2,1-2H3. The fourth-order valence-corrected chi connectivity index (χ4v) is 2.55. The van der Waals surface area contributed by atoms with Gasteiger partial charge in [-0.3, -0.25) is 0 Å². The first-order valence-electron chi connectivity index (χ1n) is 6.10. The molecule has 0 aromatic heterocycles. The Morgan fingerprint density at radius 3 is 2.24 bits per heavy atom. The van der Waals surface area contributed by atoms with E-state index in [9.17, 15) is 0 Å². The van der Waals surface area contributed by atoms with E-state index >= 15 is 0 Å². The molecule has 0 unspecified atom stereocenters. The van der Waals surface area contributed by atoms with Crippen molar-refractivity contribution in [3.63, 3.8) is 0 Å². The number of alkyl halides is 1. The molecule has 1 nitrogen and oxygen atoms in total. The molecule has 1 aromatic rings. The zero-order chi connectivity index (χ0) is 12.7. The molecule has 3 heteroatoms. The van der Waals surface area contributed by atoms with Gasteiger partial charge in [0.05, 0.1) is 6.61 Å². The van der Waals surface area contributed by atoms with E-state index in [0.717, 1.165) is 36.1 Å². The van der Waals surface area contributed by atoms with Gasteiger partial charge in [-0.25, -0.2) is 0 Å². The van der Waals surface area contributed by atoms with Crippen LogP contribution in [0.1, 0.15) is 33.1 Å². The Bertz CT molecular complexity index is 311. The maximum absolute atomic E-state index is 6.07. The first kappa shape index (κ1) is 14.8. The quantitative estimate of drug-likeness (QED) is 0.623. The summed E-state index contributed by atoms with van der Waals surface area (Å²) in [4.78, 5) is 0. The minimum atomic E-state index is 0.233. The van der Waals surface area contributed by atoms with Crippen LogP contribution in [0.3, 0.4) is 0 Å². The second kappa shape index (κ2) is 7.27. The largest absolute Gasteiger partial charge is 0.494 e. The van der Waals surface area contributed by atoms with Gasteiger partial charge in [-0.2, -0.15) is 0 Å². The minimum absolute atomic E-state index is 0.233. The van der Waals surface area contributed by atoms with Gasteiger partial charge >= 0.3 is 0 Å². The molecule has 1 rings (SSSR count). The van der Waals surface area contributed by atoms with Crippen molar-refractivity contribution in [2.24, 2.45) is 5.41 Å². The van der Waals surface area contributed by atoms with Crippen LogP contribution in [0.2, 0.25) is 0 Å². The minimum Gasteiger partial charge on any atom is -0.494 e. The molecular weight excluding hydrogens is 300 g/mol. The first-order chi connectivity index (χ1) is 8.15. The molecule has 0 radical (unpaired) electrons. The van der Waals surface area contributed by atoms with E-state index in [1.54, 1.807) is 0 Å². The van der Waals surface area contributed by atoms with Gasteiger partial charge in [0.1, 0.15) is 5.75 Å². The molecule has 0 aliphatic rings. The maximum atomic E-state index is 6.07. The molecule has 0 aliphatic heterocycles. The van der Waals surface area contributed by atoms with Crippen LogP contribution in [0.25, 0.3) is 0 Å². The Morgan fingerprint density at radius 2 is 1.76 bits per heavy atom. The summed E-state index contributed by atoms with van der Waals surface area (Å²) in [5, 5.41) is 0. The van der Waals surface area contributed by atoms with Gasteiger partial charge in [0, 0.05) is 10.4 Å². The molecule has 17 heavy (non-hydrogen) atoms. The van der Waals surface area contributed by atoms with Gasteiger partial charge in [0.2, 0.25) is 0 Å². The number of hydrogen-bond donors (Lipinski definition) is 0. The fourth-order valence-electron chi connectivity index (χ4n) is 1.78. The van der Waals surface area contributed by atoms with Crippen molar-refractivity contribution in [1.29, 1.82) is 0 Å². The Hall–Kier alpha value is -0.210. The molecule has 0 atom stereocenters. The van der Waals surface area contributed by atoms with Crippen molar-refractivity contribution in [1.82, 2.24) is 0 Å². The average molecular weight is 320 g/mol. The van der Waals surface area contributed by atoms with Crippen LogP contribution in [0.5, 0.6) is 5.75 Å². The summed E-state index contributed by atoms with van der Waals surface area (Å²) in [6, 6.07) is 7.93. The predicted molar refractivity (Wildman–Crippen MR) is 78.0 cm³/mol. The van der Waals surface area contributed by atoms with E-state index in [1.165, 1.54) is 0 Å². The van der Waals surface area contributed by atoms with Crippen LogP contribution in [-0.4, -0.2) is 12.5 Å².